The first-order chi connectivity index (χ1) is 15.7. The van der Waals surface area contributed by atoms with E-state index in [1.54, 1.807) is 24.9 Å². The average molecular weight is 463 g/mol. The molecule has 0 saturated carbocycles. The van der Waals surface area contributed by atoms with Gasteiger partial charge in [-0.15, -0.1) is 22.0 Å². The molecule has 0 fully saturated rings. The first kappa shape index (κ1) is 22.0. The number of nitrogens with zero attached hydrogens (tertiary/aromatic N) is 3. The Hall–Kier alpha value is -3.23. The lowest BCUT2D eigenvalue weighted by Crippen LogP contribution is -2.14. The zero-order chi connectivity index (χ0) is 22.2. The Labute approximate surface area is 195 Å². The number of aromatic nitrogens is 3. The molecule has 0 aliphatic carbocycles. The zero-order valence-electron chi connectivity index (χ0n) is 17.5. The molecular formula is C24H22N4O2S2. The third-order valence-corrected chi connectivity index (χ3v) is 6.45. The fourth-order valence-electron chi connectivity index (χ4n) is 3.02. The molecule has 0 spiro atoms. The highest BCUT2D eigenvalue weighted by atomic mass is 32.2. The molecule has 1 amide bonds. The van der Waals surface area contributed by atoms with Crippen molar-refractivity contribution in [2.45, 2.75) is 15.8 Å². The summed E-state index contributed by atoms with van der Waals surface area (Å²) < 4.78 is 7.22. The van der Waals surface area contributed by atoms with E-state index in [1.165, 1.54) is 16.7 Å². The van der Waals surface area contributed by atoms with Crippen LogP contribution < -0.4 is 10.1 Å². The van der Waals surface area contributed by atoms with Crippen molar-refractivity contribution >= 4 is 35.1 Å². The molecule has 162 valence electrons. The van der Waals surface area contributed by atoms with Crippen LogP contribution in [0, 0.1) is 0 Å². The second kappa shape index (κ2) is 10.9. The lowest BCUT2D eigenvalue weighted by atomic mass is 10.3. The molecule has 0 saturated heterocycles. The summed E-state index contributed by atoms with van der Waals surface area (Å²) in [5.41, 5.74) is 1.66. The van der Waals surface area contributed by atoms with Gasteiger partial charge in [-0.2, -0.15) is 0 Å². The van der Waals surface area contributed by atoms with E-state index in [0.29, 0.717) is 22.3 Å². The third kappa shape index (κ3) is 5.72. The lowest BCUT2D eigenvalue weighted by molar-refractivity contribution is -0.113. The second-order valence-corrected chi connectivity index (χ2v) is 8.73. The number of rotatable bonds is 9. The smallest absolute Gasteiger partial charge is 0.234 e. The standard InChI is InChI=1S/C24H22N4O2S2/c1-30-20-12-8-9-18(15-20)25-23(29)17-32-24-27-26-22(16-31-21-13-6-3-7-14-21)28(24)19-10-4-2-5-11-19/h2-15H,16-17H2,1H3,(H,25,29). The molecule has 4 rings (SSSR count). The van der Waals surface area contributed by atoms with Gasteiger partial charge in [0, 0.05) is 22.3 Å². The van der Waals surface area contributed by atoms with E-state index in [-0.39, 0.29) is 11.7 Å². The van der Waals surface area contributed by atoms with Crippen molar-refractivity contribution in [1.29, 1.82) is 0 Å². The summed E-state index contributed by atoms with van der Waals surface area (Å²) in [7, 11) is 1.60. The second-order valence-electron chi connectivity index (χ2n) is 6.74. The monoisotopic (exact) mass is 462 g/mol. The first-order valence-corrected chi connectivity index (χ1v) is 11.9. The maximum absolute atomic E-state index is 12.5. The van der Waals surface area contributed by atoms with Crippen LogP contribution in [0.15, 0.2) is 95.0 Å². The highest BCUT2D eigenvalue weighted by Gasteiger charge is 2.16. The van der Waals surface area contributed by atoms with E-state index in [9.17, 15) is 4.79 Å². The van der Waals surface area contributed by atoms with Gasteiger partial charge in [0.1, 0.15) is 11.6 Å². The van der Waals surface area contributed by atoms with Crippen LogP contribution in [0.4, 0.5) is 5.69 Å². The fourth-order valence-corrected chi connectivity index (χ4v) is 4.62. The Bertz CT molecular complexity index is 1170. The number of anilines is 1. The Balaban J connectivity index is 1.47. The van der Waals surface area contributed by atoms with Gasteiger partial charge in [-0.25, -0.2) is 0 Å². The van der Waals surface area contributed by atoms with Crippen LogP contribution in [0.2, 0.25) is 0 Å². The summed E-state index contributed by atoms with van der Waals surface area (Å²) in [5.74, 6) is 2.29. The molecule has 8 heteroatoms. The Morgan fingerprint density at radius 2 is 1.69 bits per heavy atom. The predicted molar refractivity (Wildman–Crippen MR) is 130 cm³/mol. The number of benzene rings is 3. The highest BCUT2D eigenvalue weighted by molar-refractivity contribution is 7.99. The van der Waals surface area contributed by atoms with E-state index in [1.807, 2.05) is 71.3 Å². The maximum Gasteiger partial charge on any atom is 0.234 e. The minimum Gasteiger partial charge on any atom is -0.497 e. The SMILES string of the molecule is COc1cccc(NC(=O)CSc2nnc(CSc3ccccc3)n2-c2ccccc2)c1. The van der Waals surface area contributed by atoms with Crippen LogP contribution in [0.5, 0.6) is 5.75 Å². The molecule has 0 aliphatic heterocycles. The number of hydrogen-bond acceptors (Lipinski definition) is 6. The van der Waals surface area contributed by atoms with Crippen LogP contribution in [0.1, 0.15) is 5.82 Å². The third-order valence-electron chi connectivity index (χ3n) is 4.51. The average Bonchev–Trinajstić information content (AvgIpc) is 3.25. The number of thioether (sulfide) groups is 2. The van der Waals surface area contributed by atoms with Crippen LogP contribution >= 0.6 is 23.5 Å². The van der Waals surface area contributed by atoms with Crippen molar-refractivity contribution < 1.29 is 9.53 Å². The summed E-state index contributed by atoms with van der Waals surface area (Å²) in [6.07, 6.45) is 0. The van der Waals surface area contributed by atoms with Crippen molar-refractivity contribution in [3.05, 3.63) is 90.8 Å². The Kier molecular flexibility index (Phi) is 7.47. The van der Waals surface area contributed by atoms with Gasteiger partial charge in [-0.05, 0) is 36.4 Å². The molecule has 0 bridgehead atoms. The summed E-state index contributed by atoms with van der Waals surface area (Å²) in [6.45, 7) is 0. The number of hydrogen-bond donors (Lipinski definition) is 1. The molecule has 0 unspecified atom stereocenters. The molecule has 1 N–H and O–H groups in total. The fraction of sp³-hybridized carbons (Fsp3) is 0.125. The summed E-state index contributed by atoms with van der Waals surface area (Å²) in [6, 6.07) is 27.4. The minimum absolute atomic E-state index is 0.119. The van der Waals surface area contributed by atoms with E-state index in [2.05, 4.69) is 27.6 Å². The van der Waals surface area contributed by atoms with Crippen LogP contribution in [-0.2, 0) is 10.5 Å². The number of carbonyl (C=O) groups is 1. The molecule has 32 heavy (non-hydrogen) atoms. The van der Waals surface area contributed by atoms with Crippen molar-refractivity contribution in [1.82, 2.24) is 14.8 Å². The summed E-state index contributed by atoms with van der Waals surface area (Å²) in [4.78, 5) is 13.7. The maximum atomic E-state index is 12.5. The largest absolute Gasteiger partial charge is 0.497 e. The van der Waals surface area contributed by atoms with E-state index in [4.69, 9.17) is 4.74 Å². The van der Waals surface area contributed by atoms with Crippen molar-refractivity contribution in [3.8, 4) is 11.4 Å². The van der Waals surface area contributed by atoms with Crippen LogP contribution in [0.3, 0.4) is 0 Å². The van der Waals surface area contributed by atoms with E-state index >= 15 is 0 Å². The topological polar surface area (TPSA) is 69.0 Å². The van der Waals surface area contributed by atoms with Crippen LogP contribution in [0.25, 0.3) is 5.69 Å². The number of para-hydroxylation sites is 1. The van der Waals surface area contributed by atoms with Gasteiger partial charge < -0.3 is 10.1 Å². The number of ether oxygens (including phenoxy) is 1. The van der Waals surface area contributed by atoms with E-state index < -0.39 is 0 Å². The molecular weight excluding hydrogens is 440 g/mol. The van der Waals surface area contributed by atoms with Crippen molar-refractivity contribution in [2.24, 2.45) is 0 Å². The van der Waals surface area contributed by atoms with Crippen molar-refractivity contribution in [3.63, 3.8) is 0 Å². The molecule has 4 aromatic rings. The molecule has 3 aromatic carbocycles. The number of methoxy groups -OCH3 is 1. The Morgan fingerprint density at radius 1 is 0.938 bits per heavy atom. The van der Waals surface area contributed by atoms with Gasteiger partial charge in [-0.1, -0.05) is 54.2 Å². The summed E-state index contributed by atoms with van der Waals surface area (Å²) in [5, 5.41) is 12.4. The highest BCUT2D eigenvalue weighted by Crippen LogP contribution is 2.27. The van der Waals surface area contributed by atoms with Gasteiger partial charge in [0.05, 0.1) is 18.6 Å². The first-order valence-electron chi connectivity index (χ1n) is 9.97. The molecule has 1 heterocycles. The molecule has 0 radical (unpaired) electrons. The molecule has 6 nitrogen and oxygen atoms in total. The zero-order valence-corrected chi connectivity index (χ0v) is 19.1. The van der Waals surface area contributed by atoms with Gasteiger partial charge in [0.2, 0.25) is 5.91 Å². The van der Waals surface area contributed by atoms with Gasteiger partial charge in [0.15, 0.2) is 5.16 Å². The quantitative estimate of drug-likeness (QED) is 0.341. The number of carbonyl (C=O) groups excluding carboxylic acids is 1. The summed E-state index contributed by atoms with van der Waals surface area (Å²) >= 11 is 3.06. The van der Waals surface area contributed by atoms with Gasteiger partial charge in [0.25, 0.3) is 0 Å². The molecule has 0 aliphatic rings. The van der Waals surface area contributed by atoms with E-state index in [0.717, 1.165) is 11.5 Å². The predicted octanol–water partition coefficient (Wildman–Crippen LogP) is 5.30. The minimum atomic E-state index is -0.119. The normalized spacial score (nSPS) is 10.7. The molecule has 1 aromatic heterocycles. The van der Waals surface area contributed by atoms with Crippen LogP contribution in [-0.4, -0.2) is 33.5 Å². The Morgan fingerprint density at radius 3 is 2.44 bits per heavy atom. The number of amides is 1. The van der Waals surface area contributed by atoms with Gasteiger partial charge in [-0.3, -0.25) is 9.36 Å². The van der Waals surface area contributed by atoms with Gasteiger partial charge >= 0.3 is 0 Å². The number of nitrogens with one attached hydrogen (secondary N) is 1. The molecule has 0 atom stereocenters. The van der Waals surface area contributed by atoms with Crippen molar-refractivity contribution in [2.75, 3.05) is 18.2 Å². The lowest BCUT2D eigenvalue weighted by Gasteiger charge is -2.10.